The molecule has 1 aromatic heterocycles. The van der Waals surface area contributed by atoms with Gasteiger partial charge < -0.3 is 19.5 Å². The number of aromatic nitrogens is 1. The molecule has 164 valence electrons. The zero-order valence-corrected chi connectivity index (χ0v) is 21.3. The molecule has 0 spiro atoms. The molecular weight excluding hydrogens is 564 g/mol. The van der Waals surface area contributed by atoms with E-state index in [-0.39, 0.29) is 18.0 Å². The van der Waals surface area contributed by atoms with E-state index in [9.17, 15) is 9.18 Å². The highest BCUT2D eigenvalue weighted by Gasteiger charge is 2.31. The summed E-state index contributed by atoms with van der Waals surface area (Å²) in [6.45, 7) is 7.32. The molecule has 1 aliphatic heterocycles. The van der Waals surface area contributed by atoms with Crippen LogP contribution in [0, 0.1) is 9.39 Å². The Labute approximate surface area is 199 Å². The van der Waals surface area contributed by atoms with E-state index < -0.39 is 5.60 Å². The molecule has 1 amide bonds. The van der Waals surface area contributed by atoms with Crippen LogP contribution >= 0.6 is 38.5 Å². The molecule has 0 radical (unpaired) electrons. The number of carbonyl (C=O) groups is 1. The molecule has 2 aromatic rings. The number of hydrogen-bond acceptors (Lipinski definition) is 3. The number of anilines is 1. The van der Waals surface area contributed by atoms with Crippen molar-refractivity contribution in [2.45, 2.75) is 70.6 Å². The van der Waals surface area contributed by atoms with E-state index in [1.54, 1.807) is 6.07 Å². The lowest BCUT2D eigenvalue weighted by atomic mass is 9.92. The lowest BCUT2D eigenvalue weighted by Gasteiger charge is -2.38. The van der Waals surface area contributed by atoms with E-state index in [1.165, 1.54) is 25.1 Å². The van der Waals surface area contributed by atoms with Gasteiger partial charge in [-0.2, -0.15) is 0 Å². The van der Waals surface area contributed by atoms with Crippen LogP contribution in [0.4, 0.5) is 15.0 Å². The quantitative estimate of drug-likeness (QED) is 0.422. The summed E-state index contributed by atoms with van der Waals surface area (Å²) in [6.07, 6.45) is 4.94. The lowest BCUT2D eigenvalue weighted by molar-refractivity contribution is 0.0497. The minimum atomic E-state index is -0.492. The normalized spacial score (nSPS) is 18.5. The standard InChI is InChI=1S/C22H28BrFIN3O2/c1-22(2,3)30-21(29)26-13-7-9-27(10-8-13)20-19(25)15-11-17(24)16(23)12-18(15)28(20)14-5-4-6-14/h11-14H,4-10H2,1-3H3,(H,26,29). The SMILES string of the molecule is CC(C)(C)OC(=O)NC1CCN(c2c(I)c3cc(F)c(Br)cc3n2C2CCC2)CC1. The number of fused-ring (bicyclic) bond motifs is 1. The maximum Gasteiger partial charge on any atom is 0.407 e. The predicted molar refractivity (Wildman–Crippen MR) is 130 cm³/mol. The van der Waals surface area contributed by atoms with Crippen LogP contribution in [0.15, 0.2) is 16.6 Å². The number of benzene rings is 1. The molecule has 4 rings (SSSR count). The Bertz CT molecular complexity index is 960. The molecule has 2 fully saturated rings. The monoisotopic (exact) mass is 591 g/mol. The van der Waals surface area contributed by atoms with E-state index in [0.29, 0.717) is 10.5 Å². The van der Waals surface area contributed by atoms with Gasteiger partial charge in [0.15, 0.2) is 0 Å². The van der Waals surface area contributed by atoms with Crippen molar-refractivity contribution in [3.63, 3.8) is 0 Å². The average Bonchev–Trinajstić information content (AvgIpc) is 2.85. The van der Waals surface area contributed by atoms with Crippen molar-refractivity contribution in [3.8, 4) is 0 Å². The molecule has 5 nitrogen and oxygen atoms in total. The van der Waals surface area contributed by atoms with Gasteiger partial charge in [0.1, 0.15) is 17.2 Å². The fourth-order valence-corrected chi connectivity index (χ4v) is 5.63. The molecule has 0 unspecified atom stereocenters. The van der Waals surface area contributed by atoms with Crippen LogP contribution in [-0.4, -0.2) is 35.4 Å². The number of piperidine rings is 1. The Morgan fingerprint density at radius 1 is 1.23 bits per heavy atom. The van der Waals surface area contributed by atoms with Gasteiger partial charge >= 0.3 is 6.09 Å². The summed E-state index contributed by atoms with van der Waals surface area (Å²) in [5.74, 6) is 0.974. The van der Waals surface area contributed by atoms with Crippen molar-refractivity contribution in [2.24, 2.45) is 0 Å². The molecular formula is C22H28BrFIN3O2. The zero-order valence-electron chi connectivity index (χ0n) is 17.6. The van der Waals surface area contributed by atoms with Crippen LogP contribution in [0.25, 0.3) is 10.9 Å². The number of ether oxygens (including phenoxy) is 1. The minimum Gasteiger partial charge on any atom is -0.444 e. The summed E-state index contributed by atoms with van der Waals surface area (Å²) in [5.41, 5.74) is 0.607. The van der Waals surface area contributed by atoms with Crippen LogP contribution < -0.4 is 10.2 Å². The summed E-state index contributed by atoms with van der Waals surface area (Å²) < 4.78 is 23.7. The maximum absolute atomic E-state index is 14.3. The van der Waals surface area contributed by atoms with Gasteiger partial charge in [0.25, 0.3) is 0 Å². The molecule has 1 saturated carbocycles. The molecule has 8 heteroatoms. The Morgan fingerprint density at radius 2 is 1.90 bits per heavy atom. The lowest BCUT2D eigenvalue weighted by Crippen LogP contribution is -2.46. The third-order valence-corrected chi connectivity index (χ3v) is 7.59. The van der Waals surface area contributed by atoms with Crippen molar-refractivity contribution >= 4 is 61.3 Å². The largest absolute Gasteiger partial charge is 0.444 e. The van der Waals surface area contributed by atoms with Crippen LogP contribution in [0.2, 0.25) is 0 Å². The number of amides is 1. The topological polar surface area (TPSA) is 46.5 Å². The smallest absolute Gasteiger partial charge is 0.407 e. The second kappa shape index (κ2) is 8.48. The second-order valence-electron chi connectivity index (χ2n) is 9.28. The molecule has 2 aliphatic rings. The third-order valence-electron chi connectivity index (χ3n) is 5.91. The van der Waals surface area contributed by atoms with Gasteiger partial charge in [-0.15, -0.1) is 0 Å². The van der Waals surface area contributed by atoms with E-state index >= 15 is 0 Å². The van der Waals surface area contributed by atoms with Gasteiger partial charge in [-0.3, -0.25) is 0 Å². The number of rotatable bonds is 3. The number of halogens is 3. The zero-order chi connectivity index (χ0) is 21.6. The van der Waals surface area contributed by atoms with Crippen LogP contribution in [0.5, 0.6) is 0 Å². The van der Waals surface area contributed by atoms with Crippen LogP contribution in [0.1, 0.15) is 58.9 Å². The van der Waals surface area contributed by atoms with Crippen molar-refractivity contribution in [1.29, 1.82) is 0 Å². The molecule has 0 bridgehead atoms. The average molecular weight is 592 g/mol. The highest BCUT2D eigenvalue weighted by molar-refractivity contribution is 14.1. The predicted octanol–water partition coefficient (Wildman–Crippen LogP) is 6.37. The van der Waals surface area contributed by atoms with Gasteiger partial charge in [-0.1, -0.05) is 0 Å². The molecule has 30 heavy (non-hydrogen) atoms. The number of alkyl carbamates (subject to hydrolysis) is 1. The number of hydrogen-bond donors (Lipinski definition) is 1. The molecule has 1 aliphatic carbocycles. The summed E-state index contributed by atoms with van der Waals surface area (Å²) in [6, 6.07) is 4.16. The summed E-state index contributed by atoms with van der Waals surface area (Å²) in [7, 11) is 0. The molecule has 2 heterocycles. The first-order valence-electron chi connectivity index (χ1n) is 10.6. The van der Waals surface area contributed by atoms with E-state index in [4.69, 9.17) is 4.74 Å². The molecule has 1 N–H and O–H groups in total. The van der Waals surface area contributed by atoms with Crippen LogP contribution in [0.3, 0.4) is 0 Å². The summed E-state index contributed by atoms with van der Waals surface area (Å²) in [5, 5.41) is 3.99. The maximum atomic E-state index is 14.3. The van der Waals surface area contributed by atoms with Crippen molar-refractivity contribution in [3.05, 3.63) is 26.0 Å². The van der Waals surface area contributed by atoms with E-state index in [1.807, 2.05) is 26.8 Å². The number of carbonyl (C=O) groups excluding carboxylic acids is 1. The highest BCUT2D eigenvalue weighted by Crippen LogP contribution is 2.44. The number of nitrogens with zero attached hydrogens (tertiary/aromatic N) is 2. The van der Waals surface area contributed by atoms with Crippen molar-refractivity contribution in [2.75, 3.05) is 18.0 Å². The fraction of sp³-hybridized carbons (Fsp3) is 0.591. The van der Waals surface area contributed by atoms with Gasteiger partial charge in [-0.25, -0.2) is 9.18 Å². The first-order valence-corrected chi connectivity index (χ1v) is 12.4. The fourth-order valence-electron chi connectivity index (χ4n) is 4.27. The Morgan fingerprint density at radius 3 is 2.47 bits per heavy atom. The van der Waals surface area contributed by atoms with Gasteiger partial charge in [-0.05, 0) is 104 Å². The molecule has 1 saturated heterocycles. The highest BCUT2D eigenvalue weighted by atomic mass is 127. The third kappa shape index (κ3) is 4.45. The van der Waals surface area contributed by atoms with Gasteiger partial charge in [0.05, 0.1) is 13.6 Å². The minimum absolute atomic E-state index is 0.113. The molecule has 0 atom stereocenters. The second-order valence-corrected chi connectivity index (χ2v) is 11.2. The van der Waals surface area contributed by atoms with Crippen molar-refractivity contribution < 1.29 is 13.9 Å². The first kappa shape index (κ1) is 22.2. The molecule has 1 aromatic carbocycles. The Hall–Kier alpha value is -1.03. The first-order chi connectivity index (χ1) is 14.1. The van der Waals surface area contributed by atoms with Gasteiger partial charge in [0.2, 0.25) is 0 Å². The van der Waals surface area contributed by atoms with E-state index in [0.717, 1.165) is 40.4 Å². The Kier molecular flexibility index (Phi) is 6.27. The summed E-state index contributed by atoms with van der Waals surface area (Å²) >= 11 is 5.73. The van der Waals surface area contributed by atoms with E-state index in [2.05, 4.69) is 53.3 Å². The Balaban J connectivity index is 1.56. The van der Waals surface area contributed by atoms with Gasteiger partial charge in [0, 0.05) is 30.6 Å². The van der Waals surface area contributed by atoms with Crippen molar-refractivity contribution in [1.82, 2.24) is 9.88 Å². The van der Waals surface area contributed by atoms with Crippen LogP contribution in [-0.2, 0) is 4.74 Å². The number of nitrogens with one attached hydrogen (secondary N) is 1. The summed E-state index contributed by atoms with van der Waals surface area (Å²) in [4.78, 5) is 14.5.